The molecule has 0 aliphatic heterocycles. The van der Waals surface area contributed by atoms with E-state index in [9.17, 15) is 0 Å². The predicted molar refractivity (Wildman–Crippen MR) is 82.8 cm³/mol. The number of fused-ring (bicyclic) bond motifs is 1. The fourth-order valence-electron chi connectivity index (χ4n) is 1.95. The van der Waals surface area contributed by atoms with Crippen LogP contribution in [0.1, 0.15) is 12.5 Å². The van der Waals surface area contributed by atoms with Crippen molar-refractivity contribution >= 4 is 27.3 Å². The molecule has 2 heterocycles. The van der Waals surface area contributed by atoms with Crippen molar-refractivity contribution < 1.29 is 0 Å². The zero-order chi connectivity index (χ0) is 13.9. The third kappa shape index (κ3) is 2.40. The molecule has 0 saturated carbocycles. The third-order valence-electron chi connectivity index (χ3n) is 3.10. The summed E-state index contributed by atoms with van der Waals surface area (Å²) in [5, 5.41) is 8.69. The molecule has 0 saturated heterocycles. The number of hydrogen-bond acceptors (Lipinski definition) is 4. The lowest BCUT2D eigenvalue weighted by Gasteiger charge is -1.96. The fourth-order valence-corrected chi connectivity index (χ4v) is 2.92. The molecule has 3 rings (SSSR count). The first-order valence-electron chi connectivity index (χ1n) is 6.29. The molecule has 2 aromatic heterocycles. The van der Waals surface area contributed by atoms with Gasteiger partial charge < -0.3 is 4.57 Å². The van der Waals surface area contributed by atoms with E-state index >= 15 is 0 Å². The maximum atomic E-state index is 4.37. The van der Waals surface area contributed by atoms with Gasteiger partial charge in [-0.3, -0.25) is 4.98 Å². The van der Waals surface area contributed by atoms with E-state index in [-0.39, 0.29) is 0 Å². The zero-order valence-electron chi connectivity index (χ0n) is 11.3. The number of thiazole rings is 1. The summed E-state index contributed by atoms with van der Waals surface area (Å²) in [4.78, 5) is 4.89. The summed E-state index contributed by atoms with van der Waals surface area (Å²) in [6.07, 6.45) is 3.52. The van der Waals surface area contributed by atoms with Crippen molar-refractivity contribution in [2.75, 3.05) is 0 Å². The molecule has 100 valence electrons. The van der Waals surface area contributed by atoms with Gasteiger partial charge in [0, 0.05) is 25.0 Å². The second-order valence-electron chi connectivity index (χ2n) is 4.43. The summed E-state index contributed by atoms with van der Waals surface area (Å²) in [7, 11) is 2.01. The van der Waals surface area contributed by atoms with Gasteiger partial charge in [-0.25, -0.2) is 0 Å². The third-order valence-corrected chi connectivity index (χ3v) is 4.20. The Morgan fingerprint density at radius 3 is 2.65 bits per heavy atom. The van der Waals surface area contributed by atoms with Crippen molar-refractivity contribution in [1.29, 1.82) is 0 Å². The lowest BCUT2D eigenvalue weighted by molar-refractivity contribution is 0.888. The molecule has 1 aromatic carbocycles. The molecule has 0 atom stereocenters. The molecule has 3 aromatic rings. The average molecular weight is 282 g/mol. The number of benzene rings is 1. The quantitative estimate of drug-likeness (QED) is 0.526. The highest BCUT2D eigenvalue weighted by molar-refractivity contribution is 7.16. The van der Waals surface area contributed by atoms with Gasteiger partial charge in [0.25, 0.3) is 0 Å². The summed E-state index contributed by atoms with van der Waals surface area (Å²) in [5.74, 6) is 0. The summed E-state index contributed by atoms with van der Waals surface area (Å²) in [6, 6.07) is 12.1. The van der Waals surface area contributed by atoms with Crippen LogP contribution < -0.4 is 4.80 Å². The van der Waals surface area contributed by atoms with Crippen molar-refractivity contribution in [1.82, 2.24) is 9.55 Å². The lowest BCUT2D eigenvalue weighted by Crippen LogP contribution is -2.09. The second-order valence-corrected chi connectivity index (χ2v) is 5.44. The van der Waals surface area contributed by atoms with E-state index < -0.39 is 0 Å². The Morgan fingerprint density at radius 1 is 1.15 bits per heavy atom. The highest BCUT2D eigenvalue weighted by atomic mass is 32.1. The van der Waals surface area contributed by atoms with Crippen molar-refractivity contribution in [3.05, 3.63) is 59.2 Å². The Balaban J connectivity index is 2.05. The first-order valence-corrected chi connectivity index (χ1v) is 7.10. The van der Waals surface area contributed by atoms with Crippen LogP contribution in [-0.4, -0.2) is 15.3 Å². The molecule has 4 nitrogen and oxygen atoms in total. The minimum absolute atomic E-state index is 0.879. The normalized spacial score (nSPS) is 13.1. The van der Waals surface area contributed by atoms with Crippen molar-refractivity contribution in [3.63, 3.8) is 0 Å². The van der Waals surface area contributed by atoms with E-state index in [1.807, 2.05) is 38.2 Å². The van der Waals surface area contributed by atoms with E-state index in [4.69, 9.17) is 0 Å². The Labute approximate surface area is 120 Å². The fraction of sp³-hybridized carbons (Fsp3) is 0.133. The molecule has 0 bridgehead atoms. The average Bonchev–Trinajstić information content (AvgIpc) is 2.83. The van der Waals surface area contributed by atoms with Crippen molar-refractivity contribution in [3.8, 4) is 0 Å². The molecule has 0 unspecified atom stereocenters. The van der Waals surface area contributed by atoms with Crippen LogP contribution in [-0.2, 0) is 7.05 Å². The maximum absolute atomic E-state index is 4.37. The Hall–Kier alpha value is -2.27. The highest BCUT2D eigenvalue weighted by Gasteiger charge is 2.01. The standard InChI is InChI=1S/C15H14N4S/c1-11(12-7-9-16-10-8-12)17-18-15-19(2)13-5-3-4-6-14(13)20-15/h3-10H,1-2H3/b17-11-,18-15+. The predicted octanol–water partition coefficient (Wildman–Crippen LogP) is 2.96. The van der Waals surface area contributed by atoms with E-state index in [1.165, 1.54) is 10.2 Å². The van der Waals surface area contributed by atoms with Gasteiger partial charge in [-0.1, -0.05) is 23.5 Å². The van der Waals surface area contributed by atoms with Crippen LogP contribution in [0, 0.1) is 0 Å². The van der Waals surface area contributed by atoms with Crippen LogP contribution >= 0.6 is 11.3 Å². The van der Waals surface area contributed by atoms with E-state index in [0.29, 0.717) is 0 Å². The molecule has 20 heavy (non-hydrogen) atoms. The number of nitrogens with zero attached hydrogens (tertiary/aromatic N) is 4. The van der Waals surface area contributed by atoms with Crippen LogP contribution in [0.4, 0.5) is 0 Å². The molecule has 0 fully saturated rings. The minimum atomic E-state index is 0.879. The summed E-state index contributed by atoms with van der Waals surface area (Å²) in [6.45, 7) is 1.95. The van der Waals surface area contributed by atoms with Gasteiger partial charge in [-0.15, -0.1) is 5.10 Å². The molecule has 0 amide bonds. The number of hydrogen-bond donors (Lipinski definition) is 0. The Bertz CT molecular complexity index is 828. The van der Waals surface area contributed by atoms with Gasteiger partial charge in [0.15, 0.2) is 0 Å². The molecule has 0 spiro atoms. The van der Waals surface area contributed by atoms with Gasteiger partial charge in [-0.2, -0.15) is 5.10 Å². The van der Waals surface area contributed by atoms with Gasteiger partial charge in [-0.05, 0) is 31.2 Å². The van der Waals surface area contributed by atoms with Crippen LogP contribution in [0.15, 0.2) is 59.0 Å². The monoisotopic (exact) mass is 282 g/mol. The molecule has 0 N–H and O–H groups in total. The first kappa shape index (κ1) is 12.7. The largest absolute Gasteiger partial charge is 0.318 e. The van der Waals surface area contributed by atoms with Crippen LogP contribution in [0.5, 0.6) is 0 Å². The van der Waals surface area contributed by atoms with Crippen LogP contribution in [0.2, 0.25) is 0 Å². The number of aromatic nitrogens is 2. The van der Waals surface area contributed by atoms with Crippen LogP contribution in [0.25, 0.3) is 10.2 Å². The number of para-hydroxylation sites is 1. The molecule has 5 heteroatoms. The van der Waals surface area contributed by atoms with Crippen molar-refractivity contribution in [2.24, 2.45) is 17.3 Å². The summed E-state index contributed by atoms with van der Waals surface area (Å²) in [5.41, 5.74) is 3.09. The number of pyridine rings is 1. The SMILES string of the molecule is C/C(=N/N=c1/sc2ccccc2n1C)c1ccncc1. The van der Waals surface area contributed by atoms with Gasteiger partial charge in [0.1, 0.15) is 0 Å². The minimum Gasteiger partial charge on any atom is -0.318 e. The zero-order valence-corrected chi connectivity index (χ0v) is 12.1. The number of aryl methyl sites for hydroxylation is 1. The summed E-state index contributed by atoms with van der Waals surface area (Å²) < 4.78 is 3.27. The topological polar surface area (TPSA) is 42.5 Å². The van der Waals surface area contributed by atoms with Gasteiger partial charge in [0.05, 0.1) is 15.9 Å². The van der Waals surface area contributed by atoms with Crippen LogP contribution in [0.3, 0.4) is 0 Å². The summed E-state index contributed by atoms with van der Waals surface area (Å²) >= 11 is 1.64. The van der Waals surface area contributed by atoms with Gasteiger partial charge in [0.2, 0.25) is 4.80 Å². The molecular weight excluding hydrogens is 268 g/mol. The van der Waals surface area contributed by atoms with E-state index in [1.54, 1.807) is 23.7 Å². The first-order chi connectivity index (χ1) is 9.75. The molecular formula is C15H14N4S. The molecule has 0 aliphatic carbocycles. The van der Waals surface area contributed by atoms with Gasteiger partial charge >= 0.3 is 0 Å². The van der Waals surface area contributed by atoms with Crippen molar-refractivity contribution in [2.45, 2.75) is 6.92 Å². The smallest absolute Gasteiger partial charge is 0.211 e. The molecule has 0 aliphatic rings. The lowest BCUT2D eigenvalue weighted by atomic mass is 10.2. The Morgan fingerprint density at radius 2 is 1.90 bits per heavy atom. The maximum Gasteiger partial charge on any atom is 0.211 e. The Kier molecular flexibility index (Phi) is 3.43. The molecule has 0 radical (unpaired) electrons. The highest BCUT2D eigenvalue weighted by Crippen LogP contribution is 2.15. The second kappa shape index (κ2) is 5.38. The number of rotatable bonds is 2. The van der Waals surface area contributed by atoms with E-state index in [2.05, 4.69) is 31.9 Å². The van der Waals surface area contributed by atoms with E-state index in [0.717, 1.165) is 16.1 Å².